The van der Waals surface area contributed by atoms with Gasteiger partial charge >= 0.3 is 0 Å². The number of primary amides is 1. The number of halogens is 1. The zero-order chi connectivity index (χ0) is 18.8. The van der Waals surface area contributed by atoms with Crippen LogP contribution in [0.5, 0.6) is 17.2 Å². The molecule has 0 unspecified atom stereocenters. The second-order valence-electron chi connectivity index (χ2n) is 6.32. The fourth-order valence-electron chi connectivity index (χ4n) is 3.74. The highest BCUT2D eigenvalue weighted by atomic mass is 35.5. The molecular formula is C20H22ClNO4. The Morgan fingerprint density at radius 3 is 2.50 bits per heavy atom. The molecule has 1 atom stereocenters. The molecule has 1 amide bonds. The van der Waals surface area contributed by atoms with Crippen LogP contribution in [0.2, 0.25) is 5.02 Å². The van der Waals surface area contributed by atoms with Gasteiger partial charge in [-0.1, -0.05) is 17.7 Å². The molecule has 1 aliphatic rings. The van der Waals surface area contributed by atoms with Crippen LogP contribution in [0.3, 0.4) is 0 Å². The first-order valence-electron chi connectivity index (χ1n) is 8.40. The molecule has 0 saturated heterocycles. The first-order chi connectivity index (χ1) is 12.5. The van der Waals surface area contributed by atoms with Crippen molar-refractivity contribution in [1.82, 2.24) is 0 Å². The maximum Gasteiger partial charge on any atom is 0.218 e. The van der Waals surface area contributed by atoms with Gasteiger partial charge < -0.3 is 19.9 Å². The Labute approximate surface area is 158 Å². The summed E-state index contributed by atoms with van der Waals surface area (Å²) in [5.74, 6) is 1.45. The lowest BCUT2D eigenvalue weighted by Gasteiger charge is -2.20. The summed E-state index contributed by atoms with van der Waals surface area (Å²) in [7, 11) is 4.80. The zero-order valence-electron chi connectivity index (χ0n) is 15.1. The summed E-state index contributed by atoms with van der Waals surface area (Å²) in [5, 5.41) is 0.626. The van der Waals surface area contributed by atoms with E-state index in [1.54, 1.807) is 21.3 Å². The van der Waals surface area contributed by atoms with E-state index in [2.05, 4.69) is 0 Å². The predicted molar refractivity (Wildman–Crippen MR) is 101 cm³/mol. The second-order valence-corrected chi connectivity index (χ2v) is 6.75. The molecule has 2 N–H and O–H groups in total. The normalized spacial score (nSPS) is 15.5. The molecular weight excluding hydrogens is 354 g/mol. The van der Waals surface area contributed by atoms with Crippen LogP contribution in [0.15, 0.2) is 24.3 Å². The standard InChI is InChI=1S/C20H22ClNO4/c1-24-16-8-12-5-4-11(9-17(22)23)15-10-13(21)6-7-14(15)18(12)20(26-3)19(16)25-2/h6-8,10-11H,4-5,9H2,1-3H3,(H2,22,23)/t11-/m0/s1. The molecule has 0 radical (unpaired) electrons. The van der Waals surface area contributed by atoms with Crippen molar-refractivity contribution in [3.05, 3.63) is 40.4 Å². The number of carbonyl (C=O) groups excluding carboxylic acids is 1. The number of nitrogens with two attached hydrogens (primary N) is 1. The molecule has 0 heterocycles. The highest BCUT2D eigenvalue weighted by molar-refractivity contribution is 6.30. The van der Waals surface area contributed by atoms with Gasteiger partial charge in [0.1, 0.15) is 0 Å². The number of aryl methyl sites for hydroxylation is 1. The van der Waals surface area contributed by atoms with Crippen molar-refractivity contribution in [3.8, 4) is 28.4 Å². The van der Waals surface area contributed by atoms with Crippen LogP contribution >= 0.6 is 11.6 Å². The molecule has 26 heavy (non-hydrogen) atoms. The Kier molecular flexibility index (Phi) is 5.28. The number of hydrogen-bond acceptors (Lipinski definition) is 4. The highest BCUT2D eigenvalue weighted by Gasteiger charge is 2.29. The Morgan fingerprint density at radius 1 is 1.15 bits per heavy atom. The SMILES string of the molecule is COc1cc2c(c(OC)c1OC)-c1ccc(Cl)cc1[C@H](CC(N)=O)CC2. The lowest BCUT2D eigenvalue weighted by atomic mass is 9.88. The van der Waals surface area contributed by atoms with Crippen LogP contribution in [0.1, 0.15) is 29.9 Å². The lowest BCUT2D eigenvalue weighted by Crippen LogP contribution is -2.15. The van der Waals surface area contributed by atoms with E-state index in [-0.39, 0.29) is 18.2 Å². The van der Waals surface area contributed by atoms with Gasteiger partial charge in [0, 0.05) is 17.0 Å². The van der Waals surface area contributed by atoms with Crippen LogP contribution in [0, 0.1) is 0 Å². The van der Waals surface area contributed by atoms with E-state index < -0.39 is 0 Å². The number of carbonyl (C=O) groups is 1. The van der Waals surface area contributed by atoms with Crippen molar-refractivity contribution in [2.24, 2.45) is 5.73 Å². The first-order valence-corrected chi connectivity index (χ1v) is 8.77. The number of benzene rings is 2. The summed E-state index contributed by atoms with van der Waals surface area (Å²) < 4.78 is 16.7. The summed E-state index contributed by atoms with van der Waals surface area (Å²) in [5.41, 5.74) is 9.49. The van der Waals surface area contributed by atoms with Gasteiger partial charge in [0.05, 0.1) is 21.3 Å². The smallest absolute Gasteiger partial charge is 0.218 e. The number of hydrogen-bond donors (Lipinski definition) is 1. The van der Waals surface area contributed by atoms with Crippen molar-refractivity contribution in [1.29, 1.82) is 0 Å². The van der Waals surface area contributed by atoms with Gasteiger partial charge in [0.2, 0.25) is 11.7 Å². The van der Waals surface area contributed by atoms with E-state index in [4.69, 9.17) is 31.5 Å². The van der Waals surface area contributed by atoms with Crippen LogP contribution in [0.4, 0.5) is 0 Å². The summed E-state index contributed by atoms with van der Waals surface area (Å²) in [6.07, 6.45) is 1.82. The molecule has 0 fully saturated rings. The fraction of sp³-hybridized carbons (Fsp3) is 0.350. The Bertz CT molecular complexity index is 850. The average molecular weight is 376 g/mol. The van der Waals surface area contributed by atoms with Crippen molar-refractivity contribution in [3.63, 3.8) is 0 Å². The van der Waals surface area contributed by atoms with Gasteiger partial charge in [-0.05, 0) is 53.6 Å². The third-order valence-corrected chi connectivity index (χ3v) is 5.08. The molecule has 0 aliphatic heterocycles. The molecule has 6 heteroatoms. The zero-order valence-corrected chi connectivity index (χ0v) is 15.9. The quantitative estimate of drug-likeness (QED) is 0.859. The molecule has 0 bridgehead atoms. The Hall–Kier alpha value is -2.40. The Balaban J connectivity index is 2.31. The summed E-state index contributed by atoms with van der Waals surface area (Å²) in [4.78, 5) is 11.6. The number of methoxy groups -OCH3 is 3. The second kappa shape index (κ2) is 7.46. The molecule has 0 saturated carbocycles. The van der Waals surface area contributed by atoms with E-state index in [1.165, 1.54) is 0 Å². The summed E-state index contributed by atoms with van der Waals surface area (Å²) in [6, 6.07) is 7.69. The average Bonchev–Trinajstić information content (AvgIpc) is 2.76. The molecule has 1 aliphatic carbocycles. The van der Waals surface area contributed by atoms with Crippen molar-refractivity contribution >= 4 is 17.5 Å². The molecule has 3 rings (SSSR count). The monoisotopic (exact) mass is 375 g/mol. The minimum absolute atomic E-state index is 0.00436. The third kappa shape index (κ3) is 3.19. The van der Waals surface area contributed by atoms with Crippen LogP contribution in [-0.2, 0) is 11.2 Å². The van der Waals surface area contributed by atoms with Gasteiger partial charge in [0.25, 0.3) is 0 Å². The van der Waals surface area contributed by atoms with E-state index in [0.717, 1.165) is 35.1 Å². The van der Waals surface area contributed by atoms with E-state index in [0.29, 0.717) is 22.3 Å². The van der Waals surface area contributed by atoms with Gasteiger partial charge in [-0.2, -0.15) is 0 Å². The lowest BCUT2D eigenvalue weighted by molar-refractivity contribution is -0.118. The molecule has 2 aromatic rings. The number of ether oxygens (including phenoxy) is 3. The van der Waals surface area contributed by atoms with Crippen molar-refractivity contribution in [2.75, 3.05) is 21.3 Å². The predicted octanol–water partition coefficient (Wildman–Crippen LogP) is 3.94. The minimum Gasteiger partial charge on any atom is -0.493 e. The van der Waals surface area contributed by atoms with Gasteiger partial charge in [0.15, 0.2) is 11.5 Å². The van der Waals surface area contributed by atoms with Gasteiger partial charge in [-0.25, -0.2) is 0 Å². The third-order valence-electron chi connectivity index (χ3n) is 4.84. The van der Waals surface area contributed by atoms with Crippen molar-refractivity contribution < 1.29 is 19.0 Å². The van der Waals surface area contributed by atoms with E-state index >= 15 is 0 Å². The molecule has 0 aromatic heterocycles. The van der Waals surface area contributed by atoms with Gasteiger partial charge in [-0.15, -0.1) is 0 Å². The largest absolute Gasteiger partial charge is 0.493 e. The molecule has 138 valence electrons. The fourth-order valence-corrected chi connectivity index (χ4v) is 3.92. The molecule has 5 nitrogen and oxygen atoms in total. The minimum atomic E-state index is -0.325. The molecule has 0 spiro atoms. The first kappa shape index (κ1) is 18.4. The number of rotatable bonds is 5. The summed E-state index contributed by atoms with van der Waals surface area (Å²) in [6.45, 7) is 0. The maximum absolute atomic E-state index is 11.6. The van der Waals surface area contributed by atoms with Crippen LogP contribution in [-0.4, -0.2) is 27.2 Å². The van der Waals surface area contributed by atoms with E-state index in [9.17, 15) is 4.79 Å². The number of fused-ring (bicyclic) bond motifs is 3. The van der Waals surface area contributed by atoms with Crippen molar-refractivity contribution in [2.45, 2.75) is 25.2 Å². The maximum atomic E-state index is 11.6. The topological polar surface area (TPSA) is 70.8 Å². The Morgan fingerprint density at radius 2 is 1.88 bits per heavy atom. The van der Waals surface area contributed by atoms with Crippen LogP contribution in [0.25, 0.3) is 11.1 Å². The van der Waals surface area contributed by atoms with Crippen LogP contribution < -0.4 is 19.9 Å². The number of amides is 1. The van der Waals surface area contributed by atoms with Gasteiger partial charge in [-0.3, -0.25) is 4.79 Å². The highest BCUT2D eigenvalue weighted by Crippen LogP contribution is 2.51. The van der Waals surface area contributed by atoms with E-state index in [1.807, 2.05) is 24.3 Å². The molecule has 2 aromatic carbocycles. The summed E-state index contributed by atoms with van der Waals surface area (Å²) >= 11 is 6.25.